The summed E-state index contributed by atoms with van der Waals surface area (Å²) in [5, 5.41) is 2.93. The average Bonchev–Trinajstić information content (AvgIpc) is 2.55. The van der Waals surface area contributed by atoms with Gasteiger partial charge in [-0.25, -0.2) is 0 Å². The van der Waals surface area contributed by atoms with E-state index < -0.39 is 6.10 Å². The van der Waals surface area contributed by atoms with Crippen LogP contribution in [0.25, 0.3) is 0 Å². The third-order valence-electron chi connectivity index (χ3n) is 3.77. The van der Waals surface area contributed by atoms with Crippen LogP contribution in [0.5, 0.6) is 5.75 Å². The van der Waals surface area contributed by atoms with Crippen molar-refractivity contribution in [1.82, 2.24) is 0 Å². The molecule has 24 heavy (non-hydrogen) atoms. The van der Waals surface area contributed by atoms with E-state index in [1.807, 2.05) is 54.8 Å². The number of anilines is 1. The Kier molecular flexibility index (Phi) is 5.94. The van der Waals surface area contributed by atoms with Gasteiger partial charge < -0.3 is 10.1 Å². The van der Waals surface area contributed by atoms with Crippen molar-refractivity contribution < 1.29 is 9.53 Å². The van der Waals surface area contributed by atoms with Crippen LogP contribution in [0.1, 0.15) is 33.3 Å². The molecule has 1 N–H and O–H groups in total. The van der Waals surface area contributed by atoms with Crippen molar-refractivity contribution >= 4 is 23.4 Å². The van der Waals surface area contributed by atoms with Crippen molar-refractivity contribution in [2.75, 3.05) is 11.6 Å². The Morgan fingerprint density at radius 2 is 1.71 bits per heavy atom. The molecule has 0 aliphatic carbocycles. The van der Waals surface area contributed by atoms with Gasteiger partial charge in [0.1, 0.15) is 5.75 Å². The third-order valence-corrected chi connectivity index (χ3v) is 4.56. The first kappa shape index (κ1) is 18.4. The second-order valence-corrected chi connectivity index (χ2v) is 7.57. The van der Waals surface area contributed by atoms with E-state index in [2.05, 4.69) is 26.1 Å². The fraction of sp³-hybridized carbons (Fsp3) is 0.350. The van der Waals surface area contributed by atoms with Gasteiger partial charge in [-0.05, 0) is 48.4 Å². The minimum atomic E-state index is -0.569. The number of rotatable bonds is 5. The average molecular weight is 343 g/mol. The maximum Gasteiger partial charge on any atom is 0.265 e. The van der Waals surface area contributed by atoms with Gasteiger partial charge in [0, 0.05) is 4.90 Å². The second-order valence-electron chi connectivity index (χ2n) is 6.72. The number of para-hydroxylation sites is 1. The number of ether oxygens (including phenoxy) is 1. The number of benzene rings is 2. The Morgan fingerprint density at radius 3 is 2.29 bits per heavy atom. The van der Waals surface area contributed by atoms with Crippen molar-refractivity contribution in [3.8, 4) is 5.75 Å². The van der Waals surface area contributed by atoms with Crippen LogP contribution in [0.4, 0.5) is 5.69 Å². The summed E-state index contributed by atoms with van der Waals surface area (Å²) in [6, 6.07) is 15.7. The first-order valence-corrected chi connectivity index (χ1v) is 9.25. The van der Waals surface area contributed by atoms with Crippen LogP contribution in [-0.2, 0) is 10.2 Å². The summed E-state index contributed by atoms with van der Waals surface area (Å²) in [6.07, 6.45) is 1.42. The Balaban J connectivity index is 2.01. The van der Waals surface area contributed by atoms with Crippen LogP contribution < -0.4 is 10.1 Å². The molecule has 0 saturated heterocycles. The number of carbonyl (C=O) groups excluding carboxylic acids is 1. The lowest BCUT2D eigenvalue weighted by atomic mass is 9.87. The summed E-state index contributed by atoms with van der Waals surface area (Å²) in [5.41, 5.74) is 2.15. The molecular weight excluding hydrogens is 318 g/mol. The molecule has 2 rings (SSSR count). The van der Waals surface area contributed by atoms with Crippen molar-refractivity contribution in [1.29, 1.82) is 0 Å². The molecule has 0 aliphatic heterocycles. The Labute approximate surface area is 148 Å². The van der Waals surface area contributed by atoms with E-state index in [9.17, 15) is 4.79 Å². The zero-order valence-electron chi connectivity index (χ0n) is 14.9. The highest BCUT2D eigenvalue weighted by Crippen LogP contribution is 2.26. The highest BCUT2D eigenvalue weighted by molar-refractivity contribution is 7.98. The predicted molar refractivity (Wildman–Crippen MR) is 102 cm³/mol. The van der Waals surface area contributed by atoms with Crippen LogP contribution in [0.15, 0.2) is 53.4 Å². The van der Waals surface area contributed by atoms with Gasteiger partial charge in [-0.15, -0.1) is 11.8 Å². The van der Waals surface area contributed by atoms with Gasteiger partial charge in [0.2, 0.25) is 0 Å². The minimum absolute atomic E-state index is 0.100. The summed E-state index contributed by atoms with van der Waals surface area (Å²) in [7, 11) is 0. The van der Waals surface area contributed by atoms with Gasteiger partial charge in [-0.2, -0.15) is 0 Å². The van der Waals surface area contributed by atoms with Crippen LogP contribution in [-0.4, -0.2) is 18.3 Å². The number of hydrogen-bond acceptors (Lipinski definition) is 3. The Hall–Kier alpha value is -1.94. The van der Waals surface area contributed by atoms with E-state index in [4.69, 9.17) is 4.74 Å². The predicted octanol–water partition coefficient (Wildman–Crippen LogP) is 5.11. The molecule has 0 aromatic heterocycles. The van der Waals surface area contributed by atoms with Gasteiger partial charge in [0.05, 0.1) is 5.69 Å². The van der Waals surface area contributed by atoms with Gasteiger partial charge in [0.15, 0.2) is 6.10 Å². The van der Waals surface area contributed by atoms with E-state index in [-0.39, 0.29) is 11.3 Å². The molecule has 0 spiro atoms. The SMILES string of the molecule is CSc1ccccc1NC(=O)[C@@H](C)Oc1ccc(C(C)(C)C)cc1. The molecule has 1 atom stereocenters. The molecule has 0 aliphatic rings. The first-order chi connectivity index (χ1) is 11.3. The molecule has 0 unspecified atom stereocenters. The number of nitrogens with one attached hydrogen (secondary N) is 1. The van der Waals surface area contributed by atoms with Crippen molar-refractivity contribution in [3.63, 3.8) is 0 Å². The largest absolute Gasteiger partial charge is 0.481 e. The number of carbonyl (C=O) groups is 1. The summed E-state index contributed by atoms with van der Waals surface area (Å²) < 4.78 is 5.77. The summed E-state index contributed by atoms with van der Waals surface area (Å²) in [5.74, 6) is 0.542. The van der Waals surface area contributed by atoms with Gasteiger partial charge in [-0.3, -0.25) is 4.79 Å². The summed E-state index contributed by atoms with van der Waals surface area (Å²) >= 11 is 1.60. The lowest BCUT2D eigenvalue weighted by molar-refractivity contribution is -0.122. The van der Waals surface area contributed by atoms with Crippen LogP contribution in [0.3, 0.4) is 0 Å². The fourth-order valence-electron chi connectivity index (χ4n) is 2.27. The molecule has 2 aromatic rings. The molecule has 2 aromatic carbocycles. The van der Waals surface area contributed by atoms with Crippen molar-refractivity contribution in [2.45, 2.75) is 44.1 Å². The van der Waals surface area contributed by atoms with Crippen LogP contribution in [0, 0.1) is 0 Å². The van der Waals surface area contributed by atoms with Crippen LogP contribution in [0.2, 0.25) is 0 Å². The summed E-state index contributed by atoms with van der Waals surface area (Å²) in [4.78, 5) is 13.4. The molecule has 3 nitrogen and oxygen atoms in total. The quantitative estimate of drug-likeness (QED) is 0.767. The smallest absolute Gasteiger partial charge is 0.265 e. The normalized spacial score (nSPS) is 12.5. The highest BCUT2D eigenvalue weighted by Gasteiger charge is 2.17. The lowest BCUT2D eigenvalue weighted by Gasteiger charge is -2.20. The molecule has 1 amide bonds. The van der Waals surface area contributed by atoms with E-state index in [0.717, 1.165) is 10.6 Å². The van der Waals surface area contributed by atoms with Gasteiger partial charge in [0.25, 0.3) is 5.91 Å². The van der Waals surface area contributed by atoms with Gasteiger partial charge >= 0.3 is 0 Å². The Bertz CT molecular complexity index is 690. The monoisotopic (exact) mass is 343 g/mol. The fourth-order valence-corrected chi connectivity index (χ4v) is 2.83. The van der Waals surface area contributed by atoms with Crippen molar-refractivity contribution in [2.24, 2.45) is 0 Å². The second kappa shape index (κ2) is 7.75. The van der Waals surface area contributed by atoms with E-state index in [1.54, 1.807) is 18.7 Å². The molecule has 0 fully saturated rings. The zero-order chi connectivity index (χ0) is 17.7. The topological polar surface area (TPSA) is 38.3 Å². The first-order valence-electron chi connectivity index (χ1n) is 8.02. The Morgan fingerprint density at radius 1 is 1.08 bits per heavy atom. The number of hydrogen-bond donors (Lipinski definition) is 1. The standard InChI is InChI=1S/C20H25NO2S/c1-14(19(22)21-17-8-6-7-9-18(17)24-5)23-16-12-10-15(11-13-16)20(2,3)4/h6-14H,1-5H3,(H,21,22)/t14-/m1/s1. The lowest BCUT2D eigenvalue weighted by Crippen LogP contribution is -2.30. The molecule has 128 valence electrons. The molecule has 0 bridgehead atoms. The zero-order valence-corrected chi connectivity index (χ0v) is 15.7. The van der Waals surface area contributed by atoms with Gasteiger partial charge in [-0.1, -0.05) is 45.0 Å². The van der Waals surface area contributed by atoms with Crippen LogP contribution >= 0.6 is 11.8 Å². The number of amides is 1. The maximum atomic E-state index is 12.4. The maximum absolute atomic E-state index is 12.4. The summed E-state index contributed by atoms with van der Waals surface area (Å²) in [6.45, 7) is 8.26. The molecular formula is C20H25NO2S. The third kappa shape index (κ3) is 4.78. The molecule has 4 heteroatoms. The minimum Gasteiger partial charge on any atom is -0.481 e. The molecule has 0 saturated carbocycles. The van der Waals surface area contributed by atoms with E-state index in [1.165, 1.54) is 5.56 Å². The number of thioether (sulfide) groups is 1. The molecule has 0 radical (unpaired) electrons. The highest BCUT2D eigenvalue weighted by atomic mass is 32.2. The van der Waals surface area contributed by atoms with Crippen molar-refractivity contribution in [3.05, 3.63) is 54.1 Å². The molecule has 0 heterocycles. The van der Waals surface area contributed by atoms with E-state index >= 15 is 0 Å². The van der Waals surface area contributed by atoms with E-state index in [0.29, 0.717) is 5.75 Å².